The van der Waals surface area contributed by atoms with Crippen LogP contribution in [-0.2, 0) is 0 Å². The number of benzene rings is 1. The summed E-state index contributed by atoms with van der Waals surface area (Å²) in [6, 6.07) is 8.16. The van der Waals surface area contributed by atoms with Gasteiger partial charge in [0.15, 0.2) is 0 Å². The highest BCUT2D eigenvalue weighted by molar-refractivity contribution is 6.31. The molecule has 70 valence electrons. The van der Waals surface area contributed by atoms with Crippen molar-refractivity contribution in [3.8, 4) is 0 Å². The average molecular weight is 196 g/mol. The molecule has 1 heterocycles. The van der Waals surface area contributed by atoms with Gasteiger partial charge in [-0.1, -0.05) is 36.7 Å². The summed E-state index contributed by atoms with van der Waals surface area (Å²) in [4.78, 5) is 0. The van der Waals surface area contributed by atoms with Crippen LogP contribution in [0.5, 0.6) is 0 Å². The second kappa shape index (κ2) is 3.69. The van der Waals surface area contributed by atoms with E-state index in [1.807, 2.05) is 12.1 Å². The average Bonchev–Trinajstić information content (AvgIpc) is 2.52. The Labute approximate surface area is 84.1 Å². The van der Waals surface area contributed by atoms with E-state index >= 15 is 0 Å². The second-order valence-electron chi connectivity index (χ2n) is 3.76. The molecule has 0 amide bonds. The van der Waals surface area contributed by atoms with Crippen molar-refractivity contribution in [3.05, 3.63) is 34.9 Å². The predicted molar refractivity (Wildman–Crippen MR) is 56.2 cm³/mol. The van der Waals surface area contributed by atoms with Gasteiger partial charge in [-0.3, -0.25) is 0 Å². The van der Waals surface area contributed by atoms with E-state index in [0.29, 0.717) is 11.8 Å². The first-order valence-corrected chi connectivity index (χ1v) is 5.12. The van der Waals surface area contributed by atoms with Crippen LogP contribution < -0.4 is 5.32 Å². The number of hydrogen-bond donors (Lipinski definition) is 1. The molecule has 2 rings (SSSR count). The molecule has 1 aromatic carbocycles. The van der Waals surface area contributed by atoms with Crippen LogP contribution in [0.2, 0.25) is 5.02 Å². The molecule has 0 aromatic heterocycles. The molecule has 0 aliphatic carbocycles. The molecular weight excluding hydrogens is 182 g/mol. The molecule has 1 aromatic rings. The maximum absolute atomic E-state index is 6.14. The summed E-state index contributed by atoms with van der Waals surface area (Å²) in [7, 11) is 0. The van der Waals surface area contributed by atoms with Crippen molar-refractivity contribution in [2.45, 2.75) is 12.8 Å². The van der Waals surface area contributed by atoms with E-state index in [9.17, 15) is 0 Å². The Morgan fingerprint density at radius 1 is 1.31 bits per heavy atom. The Hall–Kier alpha value is -0.530. The molecule has 1 aliphatic rings. The van der Waals surface area contributed by atoms with E-state index in [1.54, 1.807) is 0 Å². The monoisotopic (exact) mass is 195 g/mol. The molecule has 0 radical (unpaired) electrons. The molecule has 2 heteroatoms. The minimum absolute atomic E-state index is 0.591. The Bertz CT molecular complexity index is 298. The van der Waals surface area contributed by atoms with Gasteiger partial charge in [-0.15, -0.1) is 0 Å². The molecule has 1 N–H and O–H groups in total. The summed E-state index contributed by atoms with van der Waals surface area (Å²) in [5.41, 5.74) is 1.29. The van der Waals surface area contributed by atoms with Gasteiger partial charge < -0.3 is 5.32 Å². The van der Waals surface area contributed by atoms with Gasteiger partial charge in [0.2, 0.25) is 0 Å². The van der Waals surface area contributed by atoms with Gasteiger partial charge in [0, 0.05) is 17.5 Å². The van der Waals surface area contributed by atoms with Crippen LogP contribution in [0.15, 0.2) is 24.3 Å². The van der Waals surface area contributed by atoms with Gasteiger partial charge >= 0.3 is 0 Å². The standard InChI is InChI=1S/C11H14ClN/c1-8-6-13-7-10(8)9-4-2-3-5-11(9)12/h2-5,8,10,13H,6-7H2,1H3/t8-,10-/m1/s1. The number of halogens is 1. The second-order valence-corrected chi connectivity index (χ2v) is 4.17. The van der Waals surface area contributed by atoms with E-state index in [-0.39, 0.29) is 0 Å². The van der Waals surface area contributed by atoms with Crippen LogP contribution in [0.1, 0.15) is 18.4 Å². The zero-order valence-electron chi connectivity index (χ0n) is 7.76. The highest BCUT2D eigenvalue weighted by atomic mass is 35.5. The normalized spacial score (nSPS) is 27.8. The molecule has 1 saturated heterocycles. The molecule has 0 saturated carbocycles. The van der Waals surface area contributed by atoms with E-state index in [4.69, 9.17) is 11.6 Å². The third-order valence-corrected chi connectivity index (χ3v) is 3.17. The Morgan fingerprint density at radius 2 is 2.08 bits per heavy atom. The summed E-state index contributed by atoms with van der Waals surface area (Å²) < 4.78 is 0. The molecule has 1 fully saturated rings. The van der Waals surface area contributed by atoms with Crippen molar-refractivity contribution in [2.75, 3.05) is 13.1 Å². The van der Waals surface area contributed by atoms with Crippen LogP contribution in [0.25, 0.3) is 0 Å². The lowest BCUT2D eigenvalue weighted by molar-refractivity contribution is 0.572. The van der Waals surface area contributed by atoms with Crippen molar-refractivity contribution in [2.24, 2.45) is 5.92 Å². The first-order chi connectivity index (χ1) is 6.29. The van der Waals surface area contributed by atoms with Crippen molar-refractivity contribution in [1.29, 1.82) is 0 Å². The molecule has 0 unspecified atom stereocenters. The van der Waals surface area contributed by atoms with Gasteiger partial charge in [-0.2, -0.15) is 0 Å². The van der Waals surface area contributed by atoms with Gasteiger partial charge in [0.05, 0.1) is 0 Å². The third kappa shape index (κ3) is 1.72. The van der Waals surface area contributed by atoms with Gasteiger partial charge in [-0.25, -0.2) is 0 Å². The minimum Gasteiger partial charge on any atom is -0.316 e. The molecule has 13 heavy (non-hydrogen) atoms. The van der Waals surface area contributed by atoms with Crippen molar-refractivity contribution in [1.82, 2.24) is 5.32 Å². The first-order valence-electron chi connectivity index (χ1n) is 4.74. The largest absolute Gasteiger partial charge is 0.316 e. The zero-order chi connectivity index (χ0) is 9.26. The van der Waals surface area contributed by atoms with E-state index in [2.05, 4.69) is 24.4 Å². The highest BCUT2D eigenvalue weighted by Crippen LogP contribution is 2.32. The highest BCUT2D eigenvalue weighted by Gasteiger charge is 2.25. The topological polar surface area (TPSA) is 12.0 Å². The maximum Gasteiger partial charge on any atom is 0.0441 e. The van der Waals surface area contributed by atoms with E-state index < -0.39 is 0 Å². The van der Waals surface area contributed by atoms with Gasteiger partial charge in [-0.05, 0) is 24.1 Å². The minimum atomic E-state index is 0.591. The number of rotatable bonds is 1. The van der Waals surface area contributed by atoms with Crippen molar-refractivity contribution < 1.29 is 0 Å². The van der Waals surface area contributed by atoms with E-state index in [1.165, 1.54) is 5.56 Å². The van der Waals surface area contributed by atoms with Crippen LogP contribution in [0, 0.1) is 5.92 Å². The van der Waals surface area contributed by atoms with Crippen LogP contribution in [-0.4, -0.2) is 13.1 Å². The molecule has 1 nitrogen and oxygen atoms in total. The van der Waals surface area contributed by atoms with E-state index in [0.717, 1.165) is 18.1 Å². The fourth-order valence-electron chi connectivity index (χ4n) is 2.00. The Morgan fingerprint density at radius 3 is 2.69 bits per heavy atom. The quantitative estimate of drug-likeness (QED) is 0.727. The fourth-order valence-corrected chi connectivity index (χ4v) is 2.28. The fraction of sp³-hybridized carbons (Fsp3) is 0.455. The lowest BCUT2D eigenvalue weighted by Crippen LogP contribution is -2.08. The molecule has 0 spiro atoms. The van der Waals surface area contributed by atoms with Crippen molar-refractivity contribution in [3.63, 3.8) is 0 Å². The summed E-state index contributed by atoms with van der Waals surface area (Å²) in [6.45, 7) is 4.44. The SMILES string of the molecule is C[C@@H]1CNC[C@H]1c1ccccc1Cl. The Balaban J connectivity index is 2.29. The van der Waals surface area contributed by atoms with Gasteiger partial charge in [0.1, 0.15) is 0 Å². The van der Waals surface area contributed by atoms with Crippen LogP contribution in [0.4, 0.5) is 0 Å². The van der Waals surface area contributed by atoms with Crippen LogP contribution in [0.3, 0.4) is 0 Å². The number of nitrogens with one attached hydrogen (secondary N) is 1. The molecule has 2 atom stereocenters. The summed E-state index contributed by atoms with van der Waals surface area (Å²) in [5.74, 6) is 1.29. The molecule has 0 bridgehead atoms. The predicted octanol–water partition coefficient (Wildman–Crippen LogP) is 2.66. The smallest absolute Gasteiger partial charge is 0.0441 e. The Kier molecular flexibility index (Phi) is 2.56. The maximum atomic E-state index is 6.14. The summed E-state index contributed by atoms with van der Waals surface area (Å²) in [6.07, 6.45) is 0. The lowest BCUT2D eigenvalue weighted by atomic mass is 9.90. The van der Waals surface area contributed by atoms with Crippen molar-refractivity contribution >= 4 is 11.6 Å². The molecular formula is C11H14ClN. The summed E-state index contributed by atoms with van der Waals surface area (Å²) in [5, 5.41) is 4.29. The zero-order valence-corrected chi connectivity index (χ0v) is 8.51. The first kappa shape index (κ1) is 9.04. The lowest BCUT2D eigenvalue weighted by Gasteiger charge is -2.15. The van der Waals surface area contributed by atoms with Gasteiger partial charge in [0.25, 0.3) is 0 Å². The number of hydrogen-bond acceptors (Lipinski definition) is 1. The van der Waals surface area contributed by atoms with Crippen LogP contribution >= 0.6 is 11.6 Å². The third-order valence-electron chi connectivity index (χ3n) is 2.82. The summed E-state index contributed by atoms with van der Waals surface area (Å²) >= 11 is 6.14. The molecule has 1 aliphatic heterocycles.